The van der Waals surface area contributed by atoms with Crippen molar-refractivity contribution < 1.29 is 18.0 Å². The van der Waals surface area contributed by atoms with Crippen molar-refractivity contribution in [3.63, 3.8) is 0 Å². The maximum absolute atomic E-state index is 12.7. The number of carbonyl (C=O) groups excluding carboxylic acids is 2. The fourth-order valence-electron chi connectivity index (χ4n) is 2.89. The van der Waals surface area contributed by atoms with Gasteiger partial charge in [-0.25, -0.2) is 8.42 Å². The molecular formula is C17H25N3O4S. The highest BCUT2D eigenvalue weighted by Gasteiger charge is 2.48. The van der Waals surface area contributed by atoms with Crippen LogP contribution in [0.2, 0.25) is 0 Å². The van der Waals surface area contributed by atoms with E-state index < -0.39 is 20.5 Å². The molecular weight excluding hydrogens is 342 g/mol. The van der Waals surface area contributed by atoms with Crippen LogP contribution in [0.15, 0.2) is 24.3 Å². The average Bonchev–Trinajstić information content (AvgIpc) is 2.54. The molecule has 1 fully saturated rings. The molecule has 2 amide bonds. The van der Waals surface area contributed by atoms with E-state index in [4.69, 9.17) is 0 Å². The summed E-state index contributed by atoms with van der Waals surface area (Å²) in [5, 5.41) is 8.55. The van der Waals surface area contributed by atoms with Crippen molar-refractivity contribution >= 4 is 27.3 Å². The van der Waals surface area contributed by atoms with Gasteiger partial charge in [-0.1, -0.05) is 0 Å². The number of benzene rings is 1. The maximum Gasteiger partial charge on any atom is 0.251 e. The number of hydrogen-bond acceptors (Lipinski definition) is 5. The van der Waals surface area contributed by atoms with Gasteiger partial charge in [-0.15, -0.1) is 0 Å². The molecule has 138 valence electrons. The summed E-state index contributed by atoms with van der Waals surface area (Å²) in [6.45, 7) is 4.70. The molecule has 0 atom stereocenters. The lowest BCUT2D eigenvalue weighted by atomic mass is 9.95. The summed E-state index contributed by atoms with van der Waals surface area (Å²) >= 11 is 0. The molecule has 0 spiro atoms. The number of hydrogen-bond donors (Lipinski definition) is 3. The highest BCUT2D eigenvalue weighted by atomic mass is 32.2. The Kier molecular flexibility index (Phi) is 5.84. The van der Waals surface area contributed by atoms with Gasteiger partial charge in [-0.05, 0) is 64.0 Å². The van der Waals surface area contributed by atoms with Crippen molar-refractivity contribution in [2.24, 2.45) is 0 Å². The molecule has 0 saturated carbocycles. The van der Waals surface area contributed by atoms with Gasteiger partial charge >= 0.3 is 0 Å². The smallest absolute Gasteiger partial charge is 0.251 e. The van der Waals surface area contributed by atoms with E-state index in [2.05, 4.69) is 16.0 Å². The molecule has 0 aliphatic carbocycles. The zero-order valence-electron chi connectivity index (χ0n) is 14.8. The minimum absolute atomic E-state index is 0.0291. The summed E-state index contributed by atoms with van der Waals surface area (Å²) in [5.41, 5.74) is 0.944. The van der Waals surface area contributed by atoms with Gasteiger partial charge < -0.3 is 16.0 Å². The van der Waals surface area contributed by atoms with E-state index in [9.17, 15) is 18.0 Å². The first-order valence-electron chi connectivity index (χ1n) is 8.28. The van der Waals surface area contributed by atoms with Crippen LogP contribution >= 0.6 is 0 Å². The fraction of sp³-hybridized carbons (Fsp3) is 0.529. The lowest BCUT2D eigenvalue weighted by Gasteiger charge is -2.34. The first kappa shape index (κ1) is 19.4. The van der Waals surface area contributed by atoms with E-state index in [1.165, 1.54) is 0 Å². The van der Waals surface area contributed by atoms with Crippen molar-refractivity contribution in [2.45, 2.75) is 37.5 Å². The summed E-state index contributed by atoms with van der Waals surface area (Å²) in [6, 6.07) is 6.43. The Morgan fingerprint density at radius 1 is 1.12 bits per heavy atom. The topological polar surface area (TPSA) is 104 Å². The van der Waals surface area contributed by atoms with Gasteiger partial charge in [0.2, 0.25) is 5.91 Å². The average molecular weight is 367 g/mol. The second-order valence-corrected chi connectivity index (χ2v) is 9.00. The molecule has 0 aromatic heterocycles. The Hall–Kier alpha value is -1.93. The third-order valence-electron chi connectivity index (χ3n) is 4.36. The van der Waals surface area contributed by atoms with Crippen LogP contribution in [-0.2, 0) is 14.6 Å². The molecule has 25 heavy (non-hydrogen) atoms. The first-order valence-corrected chi connectivity index (χ1v) is 10.2. The van der Waals surface area contributed by atoms with Crippen LogP contribution in [0, 0.1) is 0 Å². The van der Waals surface area contributed by atoms with Crippen molar-refractivity contribution in [3.05, 3.63) is 29.8 Å². The monoisotopic (exact) mass is 367 g/mol. The number of anilines is 1. The zero-order valence-corrected chi connectivity index (χ0v) is 15.6. The number of carbonyl (C=O) groups is 2. The van der Waals surface area contributed by atoms with E-state index in [1.807, 2.05) is 13.8 Å². The van der Waals surface area contributed by atoms with Gasteiger partial charge in [0.05, 0.1) is 0 Å². The Labute approximate surface area is 148 Å². The van der Waals surface area contributed by atoms with E-state index in [0.29, 0.717) is 24.3 Å². The lowest BCUT2D eigenvalue weighted by molar-refractivity contribution is -0.119. The van der Waals surface area contributed by atoms with Crippen LogP contribution in [-0.4, -0.2) is 50.4 Å². The molecule has 1 saturated heterocycles. The SMILES string of the molecule is CC(C)NC(=O)c1ccc(NC(=O)C2(S(C)(=O)=O)CCNCC2)cc1. The number of piperidine rings is 1. The summed E-state index contributed by atoms with van der Waals surface area (Å²) < 4.78 is 23.1. The Morgan fingerprint density at radius 2 is 1.68 bits per heavy atom. The molecule has 1 aliphatic heterocycles. The molecule has 1 aromatic rings. The number of sulfone groups is 1. The molecule has 1 heterocycles. The van der Waals surface area contributed by atoms with E-state index in [-0.39, 0.29) is 24.8 Å². The zero-order chi connectivity index (χ0) is 18.7. The minimum Gasteiger partial charge on any atom is -0.350 e. The quantitative estimate of drug-likeness (QED) is 0.718. The normalized spacial score (nSPS) is 17.1. The van der Waals surface area contributed by atoms with Gasteiger partial charge in [0.1, 0.15) is 0 Å². The lowest BCUT2D eigenvalue weighted by Crippen LogP contribution is -2.55. The molecule has 3 N–H and O–H groups in total. The van der Waals surface area contributed by atoms with Gasteiger partial charge in [-0.2, -0.15) is 0 Å². The van der Waals surface area contributed by atoms with Gasteiger partial charge in [0.15, 0.2) is 14.6 Å². The van der Waals surface area contributed by atoms with Crippen molar-refractivity contribution in [3.8, 4) is 0 Å². The Morgan fingerprint density at radius 3 is 2.16 bits per heavy atom. The highest BCUT2D eigenvalue weighted by molar-refractivity contribution is 7.92. The molecule has 0 unspecified atom stereocenters. The fourth-order valence-corrected chi connectivity index (χ4v) is 4.23. The van der Waals surface area contributed by atoms with Crippen molar-refractivity contribution in [2.75, 3.05) is 24.7 Å². The van der Waals surface area contributed by atoms with Gasteiger partial charge in [0.25, 0.3) is 5.91 Å². The molecule has 2 rings (SSSR count). The Bertz CT molecular complexity index is 736. The first-order chi connectivity index (χ1) is 11.7. The van der Waals surface area contributed by atoms with E-state index >= 15 is 0 Å². The molecule has 0 radical (unpaired) electrons. The summed E-state index contributed by atoms with van der Waals surface area (Å²) in [5.74, 6) is -0.713. The summed E-state index contributed by atoms with van der Waals surface area (Å²) in [6.07, 6.45) is 1.59. The molecule has 7 nitrogen and oxygen atoms in total. The Balaban J connectivity index is 2.15. The van der Waals surface area contributed by atoms with Gasteiger partial charge in [0, 0.05) is 23.5 Å². The third-order valence-corrected chi connectivity index (χ3v) is 6.37. The highest BCUT2D eigenvalue weighted by Crippen LogP contribution is 2.29. The minimum atomic E-state index is -3.56. The second kappa shape index (κ2) is 7.53. The van der Waals surface area contributed by atoms with Crippen molar-refractivity contribution in [1.29, 1.82) is 0 Å². The summed E-state index contributed by atoms with van der Waals surface area (Å²) in [4.78, 5) is 24.6. The van der Waals surface area contributed by atoms with E-state index in [1.54, 1.807) is 24.3 Å². The van der Waals surface area contributed by atoms with Crippen molar-refractivity contribution in [1.82, 2.24) is 10.6 Å². The predicted octanol–water partition coefficient (Wildman–Crippen LogP) is 0.930. The van der Waals surface area contributed by atoms with Crippen LogP contribution in [0.25, 0.3) is 0 Å². The van der Waals surface area contributed by atoms with E-state index in [0.717, 1.165) is 6.26 Å². The van der Waals surface area contributed by atoms with Crippen LogP contribution in [0.1, 0.15) is 37.0 Å². The molecule has 1 aliphatic rings. The summed E-state index contributed by atoms with van der Waals surface area (Å²) in [7, 11) is -3.56. The molecule has 8 heteroatoms. The van der Waals surface area contributed by atoms with Crippen LogP contribution in [0.3, 0.4) is 0 Å². The predicted molar refractivity (Wildman–Crippen MR) is 97.4 cm³/mol. The molecule has 0 bridgehead atoms. The third kappa shape index (κ3) is 4.38. The number of rotatable bonds is 5. The molecule has 1 aromatic carbocycles. The number of nitrogens with one attached hydrogen (secondary N) is 3. The van der Waals surface area contributed by atoms with Crippen LogP contribution in [0.4, 0.5) is 5.69 Å². The second-order valence-electron chi connectivity index (χ2n) is 6.68. The number of amides is 2. The van der Waals surface area contributed by atoms with Crippen LogP contribution in [0.5, 0.6) is 0 Å². The maximum atomic E-state index is 12.7. The van der Waals surface area contributed by atoms with Crippen LogP contribution < -0.4 is 16.0 Å². The van der Waals surface area contributed by atoms with Gasteiger partial charge in [-0.3, -0.25) is 9.59 Å². The standard InChI is InChI=1S/C17H25N3O4S/c1-12(2)19-15(21)13-4-6-14(7-5-13)20-16(22)17(25(3,23)24)8-10-18-11-9-17/h4-7,12,18H,8-11H2,1-3H3,(H,19,21)(H,20,22). The largest absolute Gasteiger partial charge is 0.350 e.